The number of benzene rings is 1. The molecular weight excluding hydrogens is 203 g/mol. The Hall–Kier alpha value is -1.35. The lowest BCUT2D eigenvalue weighted by Gasteiger charge is -2.08. The van der Waals surface area contributed by atoms with E-state index in [-0.39, 0.29) is 5.82 Å². The molecule has 2 rings (SSSR count). The largest absolute Gasteiger partial charge is 0.345 e. The number of rotatable bonds is 3. The average molecular weight is 220 g/mol. The van der Waals surface area contributed by atoms with Gasteiger partial charge in [0.05, 0.1) is 5.52 Å². The van der Waals surface area contributed by atoms with Gasteiger partial charge in [-0.3, -0.25) is 0 Å². The minimum absolute atomic E-state index is 0.152. The molecule has 2 nitrogen and oxygen atoms in total. The Morgan fingerprint density at radius 1 is 1.38 bits per heavy atom. The van der Waals surface area contributed by atoms with Gasteiger partial charge in [0.15, 0.2) is 0 Å². The molecule has 86 valence electrons. The molecule has 0 saturated carbocycles. The van der Waals surface area contributed by atoms with Crippen molar-refractivity contribution in [3.63, 3.8) is 0 Å². The molecule has 0 unspecified atom stereocenters. The minimum Gasteiger partial charge on any atom is -0.345 e. The summed E-state index contributed by atoms with van der Waals surface area (Å²) in [5.41, 5.74) is 7.52. The molecule has 0 radical (unpaired) electrons. The van der Waals surface area contributed by atoms with Gasteiger partial charge in [-0.15, -0.1) is 0 Å². The average Bonchev–Trinajstić information content (AvgIpc) is 2.59. The summed E-state index contributed by atoms with van der Waals surface area (Å²) >= 11 is 0. The van der Waals surface area contributed by atoms with Crippen molar-refractivity contribution >= 4 is 10.9 Å². The second kappa shape index (κ2) is 4.26. The molecule has 0 aliphatic rings. The van der Waals surface area contributed by atoms with E-state index in [1.54, 1.807) is 6.07 Å². The van der Waals surface area contributed by atoms with Crippen LogP contribution in [0.5, 0.6) is 0 Å². The molecule has 1 heterocycles. The van der Waals surface area contributed by atoms with Crippen LogP contribution in [0.1, 0.15) is 25.5 Å². The lowest BCUT2D eigenvalue weighted by Crippen LogP contribution is -2.02. The van der Waals surface area contributed by atoms with Crippen LogP contribution in [0.2, 0.25) is 0 Å². The molecule has 0 amide bonds. The van der Waals surface area contributed by atoms with Crippen LogP contribution in [0.25, 0.3) is 10.9 Å². The van der Waals surface area contributed by atoms with E-state index < -0.39 is 0 Å². The van der Waals surface area contributed by atoms with Crippen LogP contribution in [0.4, 0.5) is 4.39 Å². The Bertz CT molecular complexity index is 500. The minimum atomic E-state index is -0.152. The van der Waals surface area contributed by atoms with E-state index in [1.807, 2.05) is 12.3 Å². The van der Waals surface area contributed by atoms with Crippen LogP contribution < -0.4 is 5.73 Å². The Kier molecular flexibility index (Phi) is 2.97. The lowest BCUT2D eigenvalue weighted by molar-refractivity contribution is 0.619. The zero-order valence-electron chi connectivity index (χ0n) is 9.70. The first-order valence-corrected chi connectivity index (χ1v) is 5.63. The van der Waals surface area contributed by atoms with Gasteiger partial charge in [-0.1, -0.05) is 6.07 Å². The third kappa shape index (κ3) is 1.71. The Balaban J connectivity index is 2.71. The number of aromatic nitrogens is 1. The molecule has 0 bridgehead atoms. The van der Waals surface area contributed by atoms with Crippen molar-refractivity contribution < 1.29 is 4.39 Å². The van der Waals surface area contributed by atoms with Crippen LogP contribution in [0.3, 0.4) is 0 Å². The Morgan fingerprint density at radius 2 is 2.12 bits per heavy atom. The van der Waals surface area contributed by atoms with Gasteiger partial charge in [-0.05, 0) is 44.5 Å². The highest BCUT2D eigenvalue weighted by Crippen LogP contribution is 2.27. The zero-order chi connectivity index (χ0) is 11.7. The van der Waals surface area contributed by atoms with Gasteiger partial charge in [0.1, 0.15) is 5.82 Å². The maximum Gasteiger partial charge on any atom is 0.132 e. The smallest absolute Gasteiger partial charge is 0.132 e. The molecule has 0 spiro atoms. The third-order valence-electron chi connectivity index (χ3n) is 2.86. The first-order valence-electron chi connectivity index (χ1n) is 5.63. The molecule has 1 aromatic carbocycles. The van der Waals surface area contributed by atoms with Crippen molar-refractivity contribution in [1.82, 2.24) is 4.57 Å². The lowest BCUT2D eigenvalue weighted by atomic mass is 10.1. The van der Waals surface area contributed by atoms with E-state index in [2.05, 4.69) is 18.4 Å². The van der Waals surface area contributed by atoms with Crippen molar-refractivity contribution in [3.05, 3.63) is 35.8 Å². The SMILES string of the molecule is CC(C)n1cc(CCN)c2c(F)cccc21. The fourth-order valence-corrected chi connectivity index (χ4v) is 2.12. The Morgan fingerprint density at radius 3 is 2.75 bits per heavy atom. The molecule has 0 aliphatic heterocycles. The quantitative estimate of drug-likeness (QED) is 0.847. The number of fused-ring (bicyclic) bond motifs is 1. The monoisotopic (exact) mass is 220 g/mol. The van der Waals surface area contributed by atoms with Crippen molar-refractivity contribution in [1.29, 1.82) is 0 Å². The second-order valence-electron chi connectivity index (χ2n) is 4.33. The molecule has 0 atom stereocenters. The van der Waals surface area contributed by atoms with E-state index in [0.717, 1.165) is 22.9 Å². The fourth-order valence-electron chi connectivity index (χ4n) is 2.12. The summed E-state index contributed by atoms with van der Waals surface area (Å²) in [7, 11) is 0. The molecule has 2 N–H and O–H groups in total. The first kappa shape index (κ1) is 11.1. The van der Waals surface area contributed by atoms with Gasteiger partial charge >= 0.3 is 0 Å². The van der Waals surface area contributed by atoms with Crippen molar-refractivity contribution in [2.24, 2.45) is 5.73 Å². The summed E-state index contributed by atoms with van der Waals surface area (Å²) in [5, 5.41) is 0.724. The molecule has 2 aromatic rings. The van der Waals surface area contributed by atoms with Gasteiger partial charge in [0.2, 0.25) is 0 Å². The summed E-state index contributed by atoms with van der Waals surface area (Å²) in [6.45, 7) is 4.73. The predicted octanol–water partition coefficient (Wildman–Crippen LogP) is 2.86. The van der Waals surface area contributed by atoms with Crippen LogP contribution in [0.15, 0.2) is 24.4 Å². The molecule has 16 heavy (non-hydrogen) atoms. The van der Waals surface area contributed by atoms with Crippen molar-refractivity contribution in [2.45, 2.75) is 26.3 Å². The normalized spacial score (nSPS) is 11.6. The van der Waals surface area contributed by atoms with Crippen LogP contribution in [-0.2, 0) is 6.42 Å². The molecule has 1 aromatic heterocycles. The topological polar surface area (TPSA) is 30.9 Å². The summed E-state index contributed by atoms with van der Waals surface area (Å²) < 4.78 is 15.9. The highest BCUT2D eigenvalue weighted by atomic mass is 19.1. The number of hydrogen-bond donors (Lipinski definition) is 1. The molecule has 0 fully saturated rings. The van der Waals surface area contributed by atoms with Gasteiger partial charge in [-0.25, -0.2) is 4.39 Å². The summed E-state index contributed by atoms with van der Waals surface area (Å²) in [6, 6.07) is 5.55. The number of hydrogen-bond acceptors (Lipinski definition) is 1. The highest BCUT2D eigenvalue weighted by Gasteiger charge is 2.13. The van der Waals surface area contributed by atoms with Crippen LogP contribution >= 0.6 is 0 Å². The number of halogens is 1. The fraction of sp³-hybridized carbons (Fsp3) is 0.385. The molecular formula is C13H17FN2. The van der Waals surface area contributed by atoms with Gasteiger partial charge in [-0.2, -0.15) is 0 Å². The molecule has 0 aliphatic carbocycles. The van der Waals surface area contributed by atoms with E-state index in [9.17, 15) is 4.39 Å². The third-order valence-corrected chi connectivity index (χ3v) is 2.86. The van der Waals surface area contributed by atoms with Gasteiger partial charge < -0.3 is 10.3 Å². The first-order chi connectivity index (χ1) is 7.65. The molecule has 3 heteroatoms. The van der Waals surface area contributed by atoms with Crippen LogP contribution in [-0.4, -0.2) is 11.1 Å². The van der Waals surface area contributed by atoms with Crippen molar-refractivity contribution in [3.8, 4) is 0 Å². The summed E-state index contributed by atoms with van der Waals surface area (Å²) in [5.74, 6) is -0.152. The van der Waals surface area contributed by atoms with Crippen LogP contribution in [0, 0.1) is 5.82 Å². The second-order valence-corrected chi connectivity index (χ2v) is 4.33. The summed E-state index contributed by atoms with van der Waals surface area (Å²) in [4.78, 5) is 0. The highest BCUT2D eigenvalue weighted by molar-refractivity contribution is 5.84. The van der Waals surface area contributed by atoms with E-state index in [1.165, 1.54) is 6.07 Å². The maximum absolute atomic E-state index is 13.8. The van der Waals surface area contributed by atoms with Crippen molar-refractivity contribution in [2.75, 3.05) is 6.54 Å². The van der Waals surface area contributed by atoms with Gasteiger partial charge in [0.25, 0.3) is 0 Å². The van der Waals surface area contributed by atoms with Gasteiger partial charge in [0, 0.05) is 17.6 Å². The van der Waals surface area contributed by atoms with E-state index >= 15 is 0 Å². The zero-order valence-corrected chi connectivity index (χ0v) is 9.70. The Labute approximate surface area is 94.9 Å². The number of nitrogens with zero attached hydrogens (tertiary/aromatic N) is 1. The van der Waals surface area contributed by atoms with E-state index in [4.69, 9.17) is 5.73 Å². The maximum atomic E-state index is 13.8. The van der Waals surface area contributed by atoms with E-state index in [0.29, 0.717) is 12.6 Å². The standard InChI is InChI=1S/C13H17FN2/c1-9(2)16-8-10(6-7-15)13-11(14)4-3-5-12(13)16/h3-5,8-9H,6-7,15H2,1-2H3. The molecule has 0 saturated heterocycles. The summed E-state index contributed by atoms with van der Waals surface area (Å²) in [6.07, 6.45) is 2.74. The predicted molar refractivity (Wildman–Crippen MR) is 65.0 cm³/mol. The number of nitrogens with two attached hydrogens (primary N) is 1.